The Hall–Kier alpha value is -1.65. The van der Waals surface area contributed by atoms with Crippen LogP contribution in [-0.2, 0) is 13.1 Å². The van der Waals surface area contributed by atoms with E-state index in [9.17, 15) is 0 Å². The molecule has 0 radical (unpaired) electrons. The predicted molar refractivity (Wildman–Crippen MR) is 80.3 cm³/mol. The average Bonchev–Trinajstić information content (AvgIpc) is 2.91. The Bertz CT molecular complexity index is 602. The third kappa shape index (κ3) is 2.37. The molecule has 1 aromatic heterocycles. The van der Waals surface area contributed by atoms with Crippen molar-refractivity contribution in [2.45, 2.75) is 33.0 Å². The molecular weight excluding hydrogens is 248 g/mol. The summed E-state index contributed by atoms with van der Waals surface area (Å²) in [5.41, 5.74) is 10.0. The van der Waals surface area contributed by atoms with Gasteiger partial charge in [-0.3, -0.25) is 4.90 Å². The molecule has 2 N–H and O–H groups in total. The van der Waals surface area contributed by atoms with Crippen LogP contribution >= 0.6 is 0 Å². The molecule has 1 aliphatic rings. The molecule has 2 heterocycles. The van der Waals surface area contributed by atoms with Gasteiger partial charge in [0.25, 0.3) is 0 Å². The second-order valence-electron chi connectivity index (χ2n) is 5.62. The Labute approximate surface area is 120 Å². The number of rotatable bonds is 3. The SMILES string of the molecule is Cc1ccc(C)c(C(CN)N2CCn3ccnc3C2)c1. The van der Waals surface area contributed by atoms with Crippen LogP contribution in [0.4, 0.5) is 0 Å². The van der Waals surface area contributed by atoms with E-state index in [2.05, 4.69) is 52.7 Å². The number of aromatic nitrogens is 2. The van der Waals surface area contributed by atoms with Gasteiger partial charge in [0.05, 0.1) is 6.54 Å². The van der Waals surface area contributed by atoms with E-state index in [4.69, 9.17) is 5.73 Å². The van der Waals surface area contributed by atoms with Crippen LogP contribution in [-0.4, -0.2) is 27.5 Å². The van der Waals surface area contributed by atoms with E-state index >= 15 is 0 Å². The normalized spacial score (nSPS) is 16.9. The smallest absolute Gasteiger partial charge is 0.122 e. The van der Waals surface area contributed by atoms with Gasteiger partial charge in [-0.2, -0.15) is 0 Å². The highest BCUT2D eigenvalue weighted by Crippen LogP contribution is 2.27. The van der Waals surface area contributed by atoms with E-state index in [-0.39, 0.29) is 6.04 Å². The Morgan fingerprint density at radius 1 is 1.30 bits per heavy atom. The lowest BCUT2D eigenvalue weighted by Gasteiger charge is -2.35. The van der Waals surface area contributed by atoms with Gasteiger partial charge in [-0.1, -0.05) is 23.8 Å². The summed E-state index contributed by atoms with van der Waals surface area (Å²) < 4.78 is 2.23. The second-order valence-corrected chi connectivity index (χ2v) is 5.62. The van der Waals surface area contributed by atoms with Crippen LogP contribution < -0.4 is 5.73 Å². The molecule has 0 spiro atoms. The van der Waals surface area contributed by atoms with Gasteiger partial charge in [0.1, 0.15) is 5.82 Å². The fourth-order valence-corrected chi connectivity index (χ4v) is 3.05. The number of nitrogens with zero attached hydrogens (tertiary/aromatic N) is 3. The maximum atomic E-state index is 6.08. The first-order valence-electron chi connectivity index (χ1n) is 7.20. The van der Waals surface area contributed by atoms with Crippen LogP contribution in [0, 0.1) is 13.8 Å². The Morgan fingerprint density at radius 3 is 2.95 bits per heavy atom. The van der Waals surface area contributed by atoms with Gasteiger partial charge in [-0.25, -0.2) is 4.98 Å². The molecule has 20 heavy (non-hydrogen) atoms. The number of fused-ring (bicyclic) bond motifs is 1. The molecule has 3 rings (SSSR count). The van der Waals surface area contributed by atoms with Crippen molar-refractivity contribution >= 4 is 0 Å². The standard InChI is InChI=1S/C16H22N4/c1-12-3-4-13(2)14(9-12)15(10-17)20-8-7-19-6-5-18-16(19)11-20/h3-6,9,15H,7-8,10-11,17H2,1-2H3. The van der Waals surface area contributed by atoms with E-state index in [0.717, 1.165) is 25.5 Å². The van der Waals surface area contributed by atoms with Crippen LogP contribution in [0.5, 0.6) is 0 Å². The van der Waals surface area contributed by atoms with E-state index in [1.807, 2.05) is 6.20 Å². The van der Waals surface area contributed by atoms with Crippen molar-refractivity contribution in [1.29, 1.82) is 0 Å². The summed E-state index contributed by atoms with van der Waals surface area (Å²) in [6, 6.07) is 6.90. The lowest BCUT2D eigenvalue weighted by molar-refractivity contribution is 0.156. The van der Waals surface area contributed by atoms with Gasteiger partial charge in [0.2, 0.25) is 0 Å². The number of aryl methyl sites for hydroxylation is 2. The molecule has 0 saturated carbocycles. The minimum atomic E-state index is 0.278. The third-order valence-electron chi connectivity index (χ3n) is 4.23. The summed E-state index contributed by atoms with van der Waals surface area (Å²) in [6.45, 7) is 7.85. The first-order valence-corrected chi connectivity index (χ1v) is 7.20. The molecule has 0 saturated heterocycles. The zero-order valence-corrected chi connectivity index (χ0v) is 12.2. The van der Waals surface area contributed by atoms with Crippen molar-refractivity contribution < 1.29 is 0 Å². The highest BCUT2D eigenvalue weighted by atomic mass is 15.3. The highest BCUT2D eigenvalue weighted by molar-refractivity contribution is 5.33. The van der Waals surface area contributed by atoms with Crippen molar-refractivity contribution in [2.24, 2.45) is 5.73 Å². The molecular formula is C16H22N4. The first kappa shape index (κ1) is 13.3. The van der Waals surface area contributed by atoms with Gasteiger partial charge < -0.3 is 10.3 Å². The van der Waals surface area contributed by atoms with E-state index in [1.54, 1.807) is 0 Å². The number of imidazole rings is 1. The van der Waals surface area contributed by atoms with Gasteiger partial charge in [0, 0.05) is 38.1 Å². The van der Waals surface area contributed by atoms with Crippen molar-refractivity contribution in [3.05, 3.63) is 53.1 Å². The van der Waals surface area contributed by atoms with Gasteiger partial charge in [0.15, 0.2) is 0 Å². The number of benzene rings is 1. The largest absolute Gasteiger partial charge is 0.333 e. The van der Waals surface area contributed by atoms with Crippen LogP contribution in [0.15, 0.2) is 30.6 Å². The fourth-order valence-electron chi connectivity index (χ4n) is 3.05. The Balaban J connectivity index is 1.89. The highest BCUT2D eigenvalue weighted by Gasteiger charge is 2.25. The molecule has 106 valence electrons. The molecule has 4 nitrogen and oxygen atoms in total. The summed E-state index contributed by atoms with van der Waals surface area (Å²) in [7, 11) is 0. The van der Waals surface area contributed by atoms with Crippen molar-refractivity contribution in [1.82, 2.24) is 14.5 Å². The fraction of sp³-hybridized carbons (Fsp3) is 0.438. The van der Waals surface area contributed by atoms with E-state index in [0.29, 0.717) is 6.54 Å². The van der Waals surface area contributed by atoms with E-state index < -0.39 is 0 Å². The van der Waals surface area contributed by atoms with Gasteiger partial charge in [-0.15, -0.1) is 0 Å². The molecule has 0 fully saturated rings. The lowest BCUT2D eigenvalue weighted by atomic mass is 9.97. The van der Waals surface area contributed by atoms with Crippen molar-refractivity contribution in [3.8, 4) is 0 Å². The minimum Gasteiger partial charge on any atom is -0.333 e. The van der Waals surface area contributed by atoms with Crippen molar-refractivity contribution in [3.63, 3.8) is 0 Å². The lowest BCUT2D eigenvalue weighted by Crippen LogP contribution is -2.40. The first-order chi connectivity index (χ1) is 9.69. The van der Waals surface area contributed by atoms with Crippen molar-refractivity contribution in [2.75, 3.05) is 13.1 Å². The zero-order valence-electron chi connectivity index (χ0n) is 12.2. The minimum absolute atomic E-state index is 0.278. The average molecular weight is 270 g/mol. The summed E-state index contributed by atoms with van der Waals surface area (Å²) in [5, 5.41) is 0. The van der Waals surface area contributed by atoms with Crippen LogP contribution in [0.1, 0.15) is 28.6 Å². The van der Waals surface area contributed by atoms with E-state index in [1.165, 1.54) is 16.7 Å². The molecule has 1 unspecified atom stereocenters. The molecule has 2 aromatic rings. The Kier molecular flexibility index (Phi) is 3.59. The monoisotopic (exact) mass is 270 g/mol. The van der Waals surface area contributed by atoms with Crippen LogP contribution in [0.3, 0.4) is 0 Å². The summed E-state index contributed by atoms with van der Waals surface area (Å²) in [6.07, 6.45) is 3.94. The third-order valence-corrected chi connectivity index (χ3v) is 4.23. The molecule has 4 heteroatoms. The second kappa shape index (κ2) is 5.38. The number of nitrogens with two attached hydrogens (primary N) is 1. The molecule has 1 atom stereocenters. The van der Waals surface area contributed by atoms with Gasteiger partial charge in [-0.05, 0) is 25.0 Å². The maximum Gasteiger partial charge on any atom is 0.122 e. The summed E-state index contributed by atoms with van der Waals surface area (Å²) in [4.78, 5) is 6.89. The number of hydrogen-bond acceptors (Lipinski definition) is 3. The molecule has 1 aromatic carbocycles. The molecule has 0 bridgehead atoms. The maximum absolute atomic E-state index is 6.08. The molecule has 0 aliphatic carbocycles. The summed E-state index contributed by atoms with van der Waals surface area (Å²) >= 11 is 0. The van der Waals surface area contributed by atoms with Crippen LogP contribution in [0.25, 0.3) is 0 Å². The molecule has 1 aliphatic heterocycles. The van der Waals surface area contributed by atoms with Gasteiger partial charge >= 0.3 is 0 Å². The Morgan fingerprint density at radius 2 is 2.15 bits per heavy atom. The quantitative estimate of drug-likeness (QED) is 0.928. The summed E-state index contributed by atoms with van der Waals surface area (Å²) in [5.74, 6) is 1.14. The van der Waals surface area contributed by atoms with Crippen LogP contribution in [0.2, 0.25) is 0 Å². The molecule has 0 amide bonds. The topological polar surface area (TPSA) is 47.1 Å². The zero-order chi connectivity index (χ0) is 14.1. The predicted octanol–water partition coefficient (Wildman–Crippen LogP) is 2.02. The number of hydrogen-bond donors (Lipinski definition) is 1.